The first-order valence-corrected chi connectivity index (χ1v) is 11.1. The number of ether oxygens (including phenoxy) is 2. The molecule has 178 valence electrons. The molecule has 1 fully saturated rings. The van der Waals surface area contributed by atoms with Crippen molar-refractivity contribution < 1.29 is 28.8 Å². The molecule has 10 nitrogen and oxygen atoms in total. The quantitative estimate of drug-likeness (QED) is 0.231. The fourth-order valence-electron chi connectivity index (χ4n) is 4.53. The maximum Gasteiger partial charge on any atom is 0.345 e. The Morgan fingerprint density at radius 3 is 2.43 bits per heavy atom. The number of carbonyl (C=O) groups excluding carboxylic acids is 3. The number of imide groups is 1. The summed E-state index contributed by atoms with van der Waals surface area (Å²) in [4.78, 5) is 52.6. The number of rotatable bonds is 6. The number of amides is 2. The molecule has 0 unspecified atom stereocenters. The fraction of sp³-hybridized carbons (Fsp3) is 0.240. The summed E-state index contributed by atoms with van der Waals surface area (Å²) in [6.45, 7) is 2.19. The highest BCUT2D eigenvalue weighted by Gasteiger charge is 2.34. The van der Waals surface area contributed by atoms with Crippen molar-refractivity contribution in [3.8, 4) is 0 Å². The molecule has 3 aromatic rings. The maximum absolute atomic E-state index is 13.2. The Bertz CT molecular complexity index is 1340. The van der Waals surface area contributed by atoms with E-state index in [1.54, 1.807) is 18.2 Å². The van der Waals surface area contributed by atoms with Crippen molar-refractivity contribution >= 4 is 39.9 Å². The lowest BCUT2D eigenvalue weighted by molar-refractivity contribution is -0.385. The number of benzene rings is 3. The van der Waals surface area contributed by atoms with Crippen LogP contribution in [0.3, 0.4) is 0 Å². The highest BCUT2D eigenvalue weighted by molar-refractivity contribution is 6.26. The van der Waals surface area contributed by atoms with Crippen molar-refractivity contribution in [2.75, 3.05) is 44.4 Å². The number of carbonyl (C=O) groups is 3. The summed E-state index contributed by atoms with van der Waals surface area (Å²) < 4.78 is 10.6. The summed E-state index contributed by atoms with van der Waals surface area (Å²) in [5, 5.41) is 12.6. The summed E-state index contributed by atoms with van der Waals surface area (Å²) in [7, 11) is 0. The molecule has 0 aliphatic carbocycles. The number of hydrogen-bond acceptors (Lipinski definition) is 8. The molecule has 0 spiro atoms. The number of para-hydroxylation sites is 1. The van der Waals surface area contributed by atoms with Crippen molar-refractivity contribution in [2.45, 2.75) is 0 Å². The number of hydrogen-bond donors (Lipinski definition) is 0. The largest absolute Gasteiger partial charge is 0.460 e. The lowest BCUT2D eigenvalue weighted by atomic mass is 9.92. The fourth-order valence-corrected chi connectivity index (χ4v) is 4.53. The standard InChI is InChI=1S/C25H21N3O7/c29-23-18-6-3-5-16-20(26-10-13-34-14-11-26)9-8-19(22(16)18)24(30)27(23)12-15-35-25(31)17-4-1-2-7-21(17)28(32)33/h1-9H,10-15H2. The van der Waals surface area contributed by atoms with Crippen molar-refractivity contribution in [1.29, 1.82) is 0 Å². The van der Waals surface area contributed by atoms with Crippen molar-refractivity contribution in [1.82, 2.24) is 4.90 Å². The summed E-state index contributed by atoms with van der Waals surface area (Å²) in [6.07, 6.45) is 0. The first-order valence-electron chi connectivity index (χ1n) is 11.1. The second-order valence-corrected chi connectivity index (χ2v) is 8.13. The molecule has 2 aliphatic heterocycles. The predicted molar refractivity (Wildman–Crippen MR) is 126 cm³/mol. The molecule has 0 radical (unpaired) electrons. The first-order chi connectivity index (χ1) is 17.0. The van der Waals surface area contributed by atoms with Crippen LogP contribution in [0.25, 0.3) is 10.8 Å². The minimum absolute atomic E-state index is 0.176. The van der Waals surface area contributed by atoms with Crippen LogP contribution in [-0.4, -0.2) is 67.1 Å². The summed E-state index contributed by atoms with van der Waals surface area (Å²) in [5.74, 6) is -1.85. The lowest BCUT2D eigenvalue weighted by Gasteiger charge is -2.32. The Balaban J connectivity index is 1.37. The van der Waals surface area contributed by atoms with E-state index in [0.29, 0.717) is 29.7 Å². The average Bonchev–Trinajstić information content (AvgIpc) is 2.89. The van der Waals surface area contributed by atoms with Gasteiger partial charge >= 0.3 is 5.97 Å². The molecular weight excluding hydrogens is 454 g/mol. The van der Waals surface area contributed by atoms with Crippen molar-refractivity contribution in [2.24, 2.45) is 0 Å². The van der Waals surface area contributed by atoms with Gasteiger partial charge in [-0.3, -0.25) is 24.6 Å². The normalized spacial score (nSPS) is 15.4. The number of anilines is 1. The Labute approximate surface area is 199 Å². The second-order valence-electron chi connectivity index (χ2n) is 8.13. The number of nitro benzene ring substituents is 1. The van der Waals surface area contributed by atoms with Gasteiger partial charge in [-0.1, -0.05) is 24.3 Å². The maximum atomic E-state index is 13.2. The van der Waals surface area contributed by atoms with E-state index in [0.717, 1.165) is 29.1 Å². The molecule has 0 atom stereocenters. The smallest absolute Gasteiger partial charge is 0.345 e. The Hall–Kier alpha value is -4.31. The van der Waals surface area contributed by atoms with Crippen LogP contribution in [0.1, 0.15) is 31.1 Å². The van der Waals surface area contributed by atoms with Gasteiger partial charge in [0.05, 0.1) is 24.7 Å². The molecule has 10 heteroatoms. The third-order valence-corrected chi connectivity index (χ3v) is 6.19. The number of nitro groups is 1. The van der Waals surface area contributed by atoms with E-state index in [1.165, 1.54) is 24.3 Å². The van der Waals surface area contributed by atoms with Crippen LogP contribution in [-0.2, 0) is 9.47 Å². The highest BCUT2D eigenvalue weighted by Crippen LogP contribution is 2.36. The van der Waals surface area contributed by atoms with Gasteiger partial charge in [-0.15, -0.1) is 0 Å². The van der Waals surface area contributed by atoms with E-state index < -0.39 is 22.7 Å². The van der Waals surface area contributed by atoms with Gasteiger partial charge in [0.2, 0.25) is 0 Å². The molecule has 2 heterocycles. The van der Waals surface area contributed by atoms with Crippen LogP contribution in [0.15, 0.2) is 54.6 Å². The van der Waals surface area contributed by atoms with E-state index in [-0.39, 0.29) is 24.4 Å². The van der Waals surface area contributed by atoms with E-state index in [2.05, 4.69) is 4.90 Å². The zero-order valence-corrected chi connectivity index (χ0v) is 18.6. The van der Waals surface area contributed by atoms with Gasteiger partial charge in [0, 0.05) is 46.7 Å². The third-order valence-electron chi connectivity index (χ3n) is 6.19. The first kappa shape index (κ1) is 22.5. The minimum Gasteiger partial charge on any atom is -0.460 e. The predicted octanol–water partition coefficient (Wildman–Crippen LogP) is 3.04. The van der Waals surface area contributed by atoms with E-state index in [9.17, 15) is 24.5 Å². The third kappa shape index (κ3) is 3.97. The molecular formula is C25H21N3O7. The molecule has 2 amide bonds. The van der Waals surface area contributed by atoms with E-state index >= 15 is 0 Å². The number of morpholine rings is 1. The molecule has 1 saturated heterocycles. The molecule has 35 heavy (non-hydrogen) atoms. The van der Waals surface area contributed by atoms with Crippen LogP contribution in [0, 0.1) is 10.1 Å². The lowest BCUT2D eigenvalue weighted by Crippen LogP contribution is -2.42. The molecule has 3 aromatic carbocycles. The molecule has 0 saturated carbocycles. The Morgan fingerprint density at radius 1 is 0.971 bits per heavy atom. The molecule has 0 aromatic heterocycles. The SMILES string of the molecule is O=C(OCCN1C(=O)c2cccc3c(N4CCOCC4)ccc(c23)C1=O)c1ccccc1[N+](=O)[O-]. The monoisotopic (exact) mass is 475 g/mol. The molecule has 2 aliphatic rings. The Morgan fingerprint density at radius 2 is 1.69 bits per heavy atom. The number of nitrogens with zero attached hydrogens (tertiary/aromatic N) is 3. The van der Waals surface area contributed by atoms with Gasteiger partial charge < -0.3 is 14.4 Å². The van der Waals surface area contributed by atoms with Gasteiger partial charge in [0.15, 0.2) is 0 Å². The van der Waals surface area contributed by atoms with E-state index in [4.69, 9.17) is 9.47 Å². The van der Waals surface area contributed by atoms with Crippen molar-refractivity contribution in [3.05, 3.63) is 81.4 Å². The van der Waals surface area contributed by atoms with Gasteiger partial charge in [-0.05, 0) is 24.3 Å². The second kappa shape index (κ2) is 9.15. The van der Waals surface area contributed by atoms with Crippen LogP contribution >= 0.6 is 0 Å². The summed E-state index contributed by atoms with van der Waals surface area (Å²) >= 11 is 0. The Kier molecular flexibility index (Phi) is 5.87. The summed E-state index contributed by atoms with van der Waals surface area (Å²) in [5.41, 5.74) is 1.18. The van der Waals surface area contributed by atoms with Crippen LogP contribution in [0.2, 0.25) is 0 Å². The molecule has 5 rings (SSSR count). The highest BCUT2D eigenvalue weighted by atomic mass is 16.6. The average molecular weight is 475 g/mol. The minimum atomic E-state index is -0.896. The van der Waals surface area contributed by atoms with Gasteiger partial charge in [0.25, 0.3) is 17.5 Å². The molecule has 0 bridgehead atoms. The topological polar surface area (TPSA) is 119 Å². The number of esters is 1. The van der Waals surface area contributed by atoms with Gasteiger partial charge in [0.1, 0.15) is 12.2 Å². The van der Waals surface area contributed by atoms with Gasteiger partial charge in [-0.25, -0.2) is 4.79 Å². The summed E-state index contributed by atoms with van der Waals surface area (Å²) in [6, 6.07) is 14.4. The zero-order valence-electron chi connectivity index (χ0n) is 18.6. The zero-order chi connectivity index (χ0) is 24.5. The molecule has 0 N–H and O–H groups in total. The van der Waals surface area contributed by atoms with Gasteiger partial charge in [-0.2, -0.15) is 0 Å². The van der Waals surface area contributed by atoms with Crippen LogP contribution < -0.4 is 4.90 Å². The van der Waals surface area contributed by atoms with Crippen molar-refractivity contribution in [3.63, 3.8) is 0 Å². The van der Waals surface area contributed by atoms with E-state index in [1.807, 2.05) is 12.1 Å². The van der Waals surface area contributed by atoms with Crippen LogP contribution in [0.4, 0.5) is 11.4 Å². The van der Waals surface area contributed by atoms with Crippen LogP contribution in [0.5, 0.6) is 0 Å².